The Hall–Kier alpha value is -3.63. The standard InChI is InChI=1S/C29H32F4N2O5/c1-14-17-7-6-10-39-25(17)24(30)26(40-28(3,4)5)22(14)23-18(13-21(36)37)15(2)35-20-12-16(11-19(20)23)27(38)34-9-8-29(31,32)33/h11H,6-10,12-13H2,1-5H3,(H,34,38)(H,36,37). The van der Waals surface area contributed by atoms with Crippen molar-refractivity contribution < 1.29 is 41.7 Å². The Balaban J connectivity index is 1.96. The predicted molar refractivity (Wildman–Crippen MR) is 140 cm³/mol. The van der Waals surface area contributed by atoms with Gasteiger partial charge in [0.1, 0.15) is 5.60 Å². The van der Waals surface area contributed by atoms with Gasteiger partial charge in [-0.25, -0.2) is 0 Å². The quantitative estimate of drug-likeness (QED) is 0.423. The molecule has 1 aromatic heterocycles. The second-order valence-electron chi connectivity index (χ2n) is 11.1. The second kappa shape index (κ2) is 10.7. The zero-order valence-electron chi connectivity index (χ0n) is 23.1. The predicted octanol–water partition coefficient (Wildman–Crippen LogP) is 5.64. The number of rotatable bonds is 7. The number of nitrogens with zero attached hydrogens (tertiary/aromatic N) is 1. The highest BCUT2D eigenvalue weighted by atomic mass is 19.4. The lowest BCUT2D eigenvalue weighted by Crippen LogP contribution is -2.29. The highest BCUT2D eigenvalue weighted by molar-refractivity contribution is 6.02. The van der Waals surface area contributed by atoms with Crippen molar-refractivity contribution in [2.75, 3.05) is 13.2 Å². The van der Waals surface area contributed by atoms with E-state index >= 15 is 4.39 Å². The Morgan fingerprint density at radius 1 is 1.18 bits per heavy atom. The van der Waals surface area contributed by atoms with Crippen LogP contribution >= 0.6 is 0 Å². The van der Waals surface area contributed by atoms with Crippen LogP contribution in [-0.4, -0.2) is 46.9 Å². The summed E-state index contributed by atoms with van der Waals surface area (Å²) in [6, 6.07) is 0. The summed E-state index contributed by atoms with van der Waals surface area (Å²) < 4.78 is 65.8. The second-order valence-corrected chi connectivity index (χ2v) is 11.1. The number of aliphatic carboxylic acids is 1. The molecule has 0 spiro atoms. The number of nitrogens with one attached hydrogen (secondary N) is 1. The van der Waals surface area contributed by atoms with Crippen molar-refractivity contribution in [3.63, 3.8) is 0 Å². The number of ether oxygens (including phenoxy) is 2. The number of carbonyl (C=O) groups is 2. The third kappa shape index (κ3) is 6.08. The van der Waals surface area contributed by atoms with Crippen molar-refractivity contribution in [2.45, 2.75) is 78.5 Å². The molecule has 40 heavy (non-hydrogen) atoms. The van der Waals surface area contributed by atoms with Crippen LogP contribution in [0.1, 0.15) is 67.3 Å². The van der Waals surface area contributed by atoms with Crippen molar-refractivity contribution in [1.29, 1.82) is 0 Å². The molecule has 0 saturated carbocycles. The summed E-state index contributed by atoms with van der Waals surface area (Å²) in [7, 11) is 0. The average Bonchev–Trinajstić information content (AvgIpc) is 3.25. The van der Waals surface area contributed by atoms with E-state index in [4.69, 9.17) is 9.47 Å². The van der Waals surface area contributed by atoms with Gasteiger partial charge in [0.2, 0.25) is 11.7 Å². The number of pyridine rings is 1. The zero-order chi connectivity index (χ0) is 29.6. The molecule has 0 saturated heterocycles. The number of benzene rings is 1. The lowest BCUT2D eigenvalue weighted by Gasteiger charge is -2.30. The minimum Gasteiger partial charge on any atom is -0.490 e. The van der Waals surface area contributed by atoms with Crippen LogP contribution in [0, 0.1) is 19.7 Å². The van der Waals surface area contributed by atoms with E-state index in [2.05, 4.69) is 10.3 Å². The minimum absolute atomic E-state index is 0.0272. The molecule has 1 amide bonds. The number of aromatic nitrogens is 1. The molecule has 216 valence electrons. The topological polar surface area (TPSA) is 97.8 Å². The molecule has 2 heterocycles. The van der Waals surface area contributed by atoms with Gasteiger partial charge in [-0.05, 0) is 64.7 Å². The first kappa shape index (κ1) is 29.4. The van der Waals surface area contributed by atoms with Crippen LogP contribution < -0.4 is 14.8 Å². The van der Waals surface area contributed by atoms with Crippen LogP contribution in [-0.2, 0) is 28.9 Å². The number of amides is 1. The van der Waals surface area contributed by atoms with E-state index in [1.807, 2.05) is 0 Å². The molecular weight excluding hydrogens is 532 g/mol. The molecule has 0 bridgehead atoms. The van der Waals surface area contributed by atoms with Crippen molar-refractivity contribution in [1.82, 2.24) is 10.3 Å². The molecule has 0 fully saturated rings. The van der Waals surface area contributed by atoms with Gasteiger partial charge in [-0.2, -0.15) is 17.6 Å². The fourth-order valence-corrected chi connectivity index (χ4v) is 5.16. The van der Waals surface area contributed by atoms with Crippen molar-refractivity contribution in [3.8, 4) is 22.6 Å². The highest BCUT2D eigenvalue weighted by Crippen LogP contribution is 2.49. The van der Waals surface area contributed by atoms with Gasteiger partial charge < -0.3 is 19.9 Å². The van der Waals surface area contributed by atoms with Crippen molar-refractivity contribution in [2.24, 2.45) is 0 Å². The van der Waals surface area contributed by atoms with Crippen LogP contribution in [0.3, 0.4) is 0 Å². The maximum atomic E-state index is 16.1. The van der Waals surface area contributed by atoms with Crippen molar-refractivity contribution in [3.05, 3.63) is 45.0 Å². The Labute approximate surface area is 229 Å². The number of halogens is 4. The fourth-order valence-electron chi connectivity index (χ4n) is 5.16. The molecule has 2 N–H and O–H groups in total. The molecule has 1 aliphatic heterocycles. The molecule has 0 unspecified atom stereocenters. The average molecular weight is 565 g/mol. The SMILES string of the molecule is Cc1nc2c(c(-c3c(C)c4c(c(F)c3OC(C)(C)C)OCCC4)c1CC(=O)O)C=C(C(=O)NCCC(F)(F)F)C2. The molecule has 11 heteroatoms. The number of alkyl halides is 3. The number of aryl methyl sites for hydroxylation is 1. The van der Waals surface area contributed by atoms with Gasteiger partial charge in [0, 0.05) is 46.5 Å². The lowest BCUT2D eigenvalue weighted by molar-refractivity contribution is -0.137. The summed E-state index contributed by atoms with van der Waals surface area (Å²) in [4.78, 5) is 29.3. The number of hydrogen-bond donors (Lipinski definition) is 2. The highest BCUT2D eigenvalue weighted by Gasteiger charge is 2.35. The lowest BCUT2D eigenvalue weighted by atomic mass is 9.85. The van der Waals surface area contributed by atoms with Gasteiger partial charge in [0.15, 0.2) is 11.5 Å². The largest absolute Gasteiger partial charge is 0.490 e. The van der Waals surface area contributed by atoms with Gasteiger partial charge in [-0.15, -0.1) is 0 Å². The third-order valence-corrected chi connectivity index (χ3v) is 6.81. The van der Waals surface area contributed by atoms with Gasteiger partial charge in [0.05, 0.1) is 25.1 Å². The van der Waals surface area contributed by atoms with E-state index in [1.165, 1.54) is 6.08 Å². The zero-order valence-corrected chi connectivity index (χ0v) is 23.1. The van der Waals surface area contributed by atoms with Crippen LogP contribution in [0.5, 0.6) is 11.5 Å². The van der Waals surface area contributed by atoms with Gasteiger partial charge >= 0.3 is 12.1 Å². The van der Waals surface area contributed by atoms with E-state index < -0.39 is 48.9 Å². The smallest absolute Gasteiger partial charge is 0.390 e. The first-order valence-electron chi connectivity index (χ1n) is 13.0. The fraction of sp³-hybridized carbons (Fsp3) is 0.483. The maximum absolute atomic E-state index is 16.1. The molecule has 0 atom stereocenters. The van der Waals surface area contributed by atoms with Crippen LogP contribution in [0.4, 0.5) is 17.6 Å². The van der Waals surface area contributed by atoms with E-state index in [0.29, 0.717) is 64.2 Å². The van der Waals surface area contributed by atoms with Gasteiger partial charge in [-0.1, -0.05) is 0 Å². The first-order valence-corrected chi connectivity index (χ1v) is 13.0. The number of carboxylic acid groups (broad SMARTS) is 1. The number of hydrogen-bond acceptors (Lipinski definition) is 5. The van der Waals surface area contributed by atoms with E-state index in [9.17, 15) is 27.9 Å². The molecule has 1 aromatic carbocycles. The Morgan fingerprint density at radius 2 is 1.88 bits per heavy atom. The number of carboxylic acids is 1. The molecule has 4 rings (SSSR count). The van der Waals surface area contributed by atoms with E-state index in [-0.39, 0.29) is 23.5 Å². The van der Waals surface area contributed by atoms with E-state index in [1.54, 1.807) is 34.6 Å². The van der Waals surface area contributed by atoms with Crippen molar-refractivity contribution >= 4 is 18.0 Å². The Kier molecular flexibility index (Phi) is 7.88. The van der Waals surface area contributed by atoms with Gasteiger partial charge in [-0.3, -0.25) is 14.6 Å². The van der Waals surface area contributed by atoms with Crippen LogP contribution in [0.2, 0.25) is 0 Å². The summed E-state index contributed by atoms with van der Waals surface area (Å²) in [5.41, 5.74) is 2.97. The first-order chi connectivity index (χ1) is 18.6. The molecule has 0 radical (unpaired) electrons. The van der Waals surface area contributed by atoms with E-state index in [0.717, 1.165) is 0 Å². The molecular formula is C29H32F4N2O5. The summed E-state index contributed by atoms with van der Waals surface area (Å²) in [6.07, 6.45) is -3.27. The molecule has 2 aromatic rings. The van der Waals surface area contributed by atoms with Crippen LogP contribution in [0.15, 0.2) is 5.57 Å². The molecule has 7 nitrogen and oxygen atoms in total. The maximum Gasteiger partial charge on any atom is 0.390 e. The Bertz CT molecular complexity index is 1410. The summed E-state index contributed by atoms with van der Waals surface area (Å²) in [6.45, 7) is 8.48. The number of carbonyl (C=O) groups excluding carboxylic acids is 1. The minimum atomic E-state index is -4.42. The monoisotopic (exact) mass is 564 g/mol. The third-order valence-electron chi connectivity index (χ3n) is 6.81. The van der Waals surface area contributed by atoms with Gasteiger partial charge in [0.25, 0.3) is 0 Å². The summed E-state index contributed by atoms with van der Waals surface area (Å²) >= 11 is 0. The van der Waals surface area contributed by atoms with Crippen LogP contribution in [0.25, 0.3) is 17.2 Å². The number of fused-ring (bicyclic) bond motifs is 2. The summed E-state index contributed by atoms with van der Waals surface area (Å²) in [5.74, 6) is -2.49. The molecule has 2 aliphatic rings. The normalized spacial score (nSPS) is 14.7. The summed E-state index contributed by atoms with van der Waals surface area (Å²) in [5, 5.41) is 12.1. The Morgan fingerprint density at radius 3 is 2.50 bits per heavy atom. The molecule has 1 aliphatic carbocycles.